The Labute approximate surface area is 105 Å². The van der Waals surface area contributed by atoms with E-state index in [1.165, 1.54) is 12.3 Å². The van der Waals surface area contributed by atoms with Crippen molar-refractivity contribution >= 4 is 11.8 Å². The van der Waals surface area contributed by atoms with E-state index in [2.05, 4.69) is 5.32 Å². The molecule has 1 aliphatic rings. The van der Waals surface area contributed by atoms with Crippen molar-refractivity contribution in [2.45, 2.75) is 18.9 Å². The minimum atomic E-state index is -0.745. The van der Waals surface area contributed by atoms with E-state index in [1.807, 2.05) is 4.90 Å². The lowest BCUT2D eigenvalue weighted by molar-refractivity contribution is -0.121. The lowest BCUT2D eigenvalue weighted by Gasteiger charge is -2.17. The molecule has 6 nitrogen and oxygen atoms in total. The highest BCUT2D eigenvalue weighted by atomic mass is 16.3. The number of likely N-dealkylation sites (tertiary alicyclic amines) is 1. The van der Waals surface area contributed by atoms with Crippen molar-refractivity contribution < 1.29 is 19.1 Å². The highest BCUT2D eigenvalue weighted by molar-refractivity contribution is 6.03. The molecule has 0 aromatic carbocycles. The highest BCUT2D eigenvalue weighted by Crippen LogP contribution is 2.19. The zero-order valence-electron chi connectivity index (χ0n) is 10.2. The third kappa shape index (κ3) is 3.18. The van der Waals surface area contributed by atoms with E-state index in [1.54, 1.807) is 13.0 Å². The number of nitrogens with zero attached hydrogens (tertiary/aromatic N) is 1. The number of hydrogen-bond acceptors (Lipinski definition) is 5. The predicted molar refractivity (Wildman–Crippen MR) is 62.9 cm³/mol. The first-order valence-electron chi connectivity index (χ1n) is 5.79. The molecule has 1 atom stereocenters. The fraction of sp³-hybridized carbons (Fsp3) is 0.500. The molecule has 18 heavy (non-hydrogen) atoms. The molecule has 2 amide bonds. The molecule has 1 fully saturated rings. The summed E-state index contributed by atoms with van der Waals surface area (Å²) in [6, 6.07) is 3.07. The van der Waals surface area contributed by atoms with Gasteiger partial charge in [0.2, 0.25) is 5.91 Å². The van der Waals surface area contributed by atoms with E-state index in [4.69, 9.17) is 4.42 Å². The Morgan fingerprint density at radius 3 is 2.94 bits per heavy atom. The van der Waals surface area contributed by atoms with Crippen LogP contribution in [0.3, 0.4) is 0 Å². The van der Waals surface area contributed by atoms with Crippen LogP contribution in [-0.2, 0) is 4.79 Å². The molecule has 1 aliphatic heterocycles. The van der Waals surface area contributed by atoms with Gasteiger partial charge in [0.15, 0.2) is 5.76 Å². The van der Waals surface area contributed by atoms with Crippen LogP contribution in [0.2, 0.25) is 0 Å². The molecule has 6 heteroatoms. The van der Waals surface area contributed by atoms with E-state index in [-0.39, 0.29) is 12.3 Å². The normalized spacial score (nSPS) is 24.1. The van der Waals surface area contributed by atoms with Crippen molar-refractivity contribution in [3.8, 4) is 0 Å². The molecule has 0 spiro atoms. The minimum Gasteiger partial charge on any atom is -0.459 e. The summed E-state index contributed by atoms with van der Waals surface area (Å²) < 4.78 is 4.88. The number of imide groups is 1. The van der Waals surface area contributed by atoms with Crippen molar-refractivity contribution in [3.63, 3.8) is 0 Å². The van der Waals surface area contributed by atoms with Gasteiger partial charge in [0.05, 0.1) is 18.4 Å². The lowest BCUT2D eigenvalue weighted by atomic mass is 10.1. The number of carbonyl (C=O) groups is 2. The van der Waals surface area contributed by atoms with Gasteiger partial charge in [-0.2, -0.15) is 0 Å². The van der Waals surface area contributed by atoms with Crippen LogP contribution in [-0.4, -0.2) is 47.1 Å². The zero-order valence-corrected chi connectivity index (χ0v) is 10.2. The fourth-order valence-electron chi connectivity index (χ4n) is 2.01. The van der Waals surface area contributed by atoms with Crippen molar-refractivity contribution in [1.29, 1.82) is 0 Å². The summed E-state index contributed by atoms with van der Waals surface area (Å²) in [6.45, 7) is 2.92. The topological polar surface area (TPSA) is 82.8 Å². The van der Waals surface area contributed by atoms with Gasteiger partial charge in [-0.1, -0.05) is 0 Å². The molecule has 2 heterocycles. The van der Waals surface area contributed by atoms with Crippen LogP contribution in [0, 0.1) is 0 Å². The molecular formula is C12H16N2O4. The fourth-order valence-corrected chi connectivity index (χ4v) is 2.01. The Morgan fingerprint density at radius 2 is 2.39 bits per heavy atom. The summed E-state index contributed by atoms with van der Waals surface area (Å²) in [4.78, 5) is 25.0. The minimum absolute atomic E-state index is 0.0998. The average Bonchev–Trinajstić information content (AvgIpc) is 2.87. The van der Waals surface area contributed by atoms with Gasteiger partial charge >= 0.3 is 0 Å². The smallest absolute Gasteiger partial charge is 0.293 e. The first-order valence-corrected chi connectivity index (χ1v) is 5.79. The summed E-state index contributed by atoms with van der Waals surface area (Å²) in [5.41, 5.74) is -0.745. The predicted octanol–water partition coefficient (Wildman–Crippen LogP) is -0.00730. The van der Waals surface area contributed by atoms with Crippen molar-refractivity contribution in [2.24, 2.45) is 0 Å². The number of furan rings is 1. The van der Waals surface area contributed by atoms with E-state index in [9.17, 15) is 14.7 Å². The average molecular weight is 252 g/mol. The van der Waals surface area contributed by atoms with Crippen LogP contribution >= 0.6 is 0 Å². The van der Waals surface area contributed by atoms with Gasteiger partial charge in [-0.3, -0.25) is 19.8 Å². The number of amides is 2. The van der Waals surface area contributed by atoms with Crippen molar-refractivity contribution in [2.75, 3.05) is 19.6 Å². The van der Waals surface area contributed by atoms with Crippen LogP contribution in [0.15, 0.2) is 22.8 Å². The molecule has 0 aliphatic carbocycles. The summed E-state index contributed by atoms with van der Waals surface area (Å²) >= 11 is 0. The maximum Gasteiger partial charge on any atom is 0.293 e. The Bertz CT molecular complexity index is 439. The third-order valence-electron chi connectivity index (χ3n) is 2.90. The van der Waals surface area contributed by atoms with Gasteiger partial charge in [-0.15, -0.1) is 0 Å². The van der Waals surface area contributed by atoms with Crippen LogP contribution in [0.25, 0.3) is 0 Å². The standard InChI is InChI=1S/C12H16N2O4/c1-12(17)4-5-14(8-12)7-10(15)13-11(16)9-3-2-6-18-9/h2-3,6,17H,4-5,7-8H2,1H3,(H,13,15,16). The summed E-state index contributed by atoms with van der Waals surface area (Å²) in [6.07, 6.45) is 2.00. The van der Waals surface area contributed by atoms with Gasteiger partial charge in [-0.25, -0.2) is 0 Å². The Balaban J connectivity index is 1.81. The Hall–Kier alpha value is -1.66. The van der Waals surface area contributed by atoms with Gasteiger partial charge < -0.3 is 9.52 Å². The number of aliphatic hydroxyl groups is 1. The van der Waals surface area contributed by atoms with E-state index in [0.717, 1.165) is 0 Å². The molecule has 2 rings (SSSR count). The number of hydrogen-bond donors (Lipinski definition) is 2. The van der Waals surface area contributed by atoms with Gasteiger partial charge in [-0.05, 0) is 25.5 Å². The number of rotatable bonds is 3. The van der Waals surface area contributed by atoms with Crippen LogP contribution in [0.4, 0.5) is 0 Å². The largest absolute Gasteiger partial charge is 0.459 e. The molecule has 0 radical (unpaired) electrons. The van der Waals surface area contributed by atoms with E-state index in [0.29, 0.717) is 19.5 Å². The summed E-state index contributed by atoms with van der Waals surface area (Å²) in [5.74, 6) is -0.832. The Morgan fingerprint density at radius 1 is 1.61 bits per heavy atom. The quantitative estimate of drug-likeness (QED) is 0.790. The van der Waals surface area contributed by atoms with Crippen LogP contribution in [0.1, 0.15) is 23.9 Å². The first-order chi connectivity index (χ1) is 8.46. The molecular weight excluding hydrogens is 236 g/mol. The maximum atomic E-state index is 11.6. The van der Waals surface area contributed by atoms with Crippen molar-refractivity contribution in [1.82, 2.24) is 10.2 Å². The summed E-state index contributed by atoms with van der Waals surface area (Å²) in [7, 11) is 0. The first kappa shape index (κ1) is 12.8. The lowest BCUT2D eigenvalue weighted by Crippen LogP contribution is -2.40. The molecule has 98 valence electrons. The van der Waals surface area contributed by atoms with E-state index >= 15 is 0 Å². The van der Waals surface area contributed by atoms with Gasteiger partial charge in [0.1, 0.15) is 0 Å². The molecule has 2 N–H and O–H groups in total. The van der Waals surface area contributed by atoms with Gasteiger partial charge in [0.25, 0.3) is 5.91 Å². The van der Waals surface area contributed by atoms with Crippen LogP contribution < -0.4 is 5.32 Å². The number of β-amino-alcohol motifs (C(OH)–C–C–N with tert-alkyl or cyclic N) is 1. The SMILES string of the molecule is CC1(O)CCN(CC(=O)NC(=O)c2ccco2)C1. The van der Waals surface area contributed by atoms with Crippen LogP contribution in [0.5, 0.6) is 0 Å². The second-order valence-electron chi connectivity index (χ2n) is 4.81. The molecule has 0 bridgehead atoms. The van der Waals surface area contributed by atoms with E-state index < -0.39 is 17.4 Å². The molecule has 1 aromatic rings. The monoisotopic (exact) mass is 252 g/mol. The van der Waals surface area contributed by atoms with Crippen molar-refractivity contribution in [3.05, 3.63) is 24.2 Å². The molecule has 1 saturated heterocycles. The highest BCUT2D eigenvalue weighted by Gasteiger charge is 2.32. The molecule has 0 saturated carbocycles. The second kappa shape index (κ2) is 4.91. The maximum absolute atomic E-state index is 11.6. The second-order valence-corrected chi connectivity index (χ2v) is 4.81. The Kier molecular flexibility index (Phi) is 3.49. The molecule has 1 unspecified atom stereocenters. The summed E-state index contributed by atoms with van der Waals surface area (Å²) in [5, 5.41) is 12.0. The number of nitrogens with one attached hydrogen (secondary N) is 1. The van der Waals surface area contributed by atoms with Gasteiger partial charge in [0, 0.05) is 13.1 Å². The third-order valence-corrected chi connectivity index (χ3v) is 2.90. The number of carbonyl (C=O) groups excluding carboxylic acids is 2. The zero-order chi connectivity index (χ0) is 13.2. The molecule has 1 aromatic heterocycles.